The molecule has 6 rings (SSSR count). The van der Waals surface area contributed by atoms with Crippen LogP contribution in [0, 0.1) is 0 Å². The highest BCUT2D eigenvalue weighted by molar-refractivity contribution is 5.82. The first-order chi connectivity index (χ1) is 12.4. The zero-order valence-corrected chi connectivity index (χ0v) is 14.0. The molecule has 3 heterocycles. The van der Waals surface area contributed by atoms with E-state index in [4.69, 9.17) is 9.47 Å². The Morgan fingerprint density at radius 1 is 0.720 bits per heavy atom. The second kappa shape index (κ2) is 4.72. The summed E-state index contributed by atoms with van der Waals surface area (Å²) in [7, 11) is 0. The highest BCUT2D eigenvalue weighted by Gasteiger charge is 2.76. The van der Waals surface area contributed by atoms with Crippen LogP contribution < -0.4 is 9.47 Å². The molecule has 4 heteroatoms. The van der Waals surface area contributed by atoms with Crippen LogP contribution in [0.15, 0.2) is 48.5 Å². The lowest BCUT2D eigenvalue weighted by molar-refractivity contribution is -0.865. The van der Waals surface area contributed by atoms with Crippen LogP contribution in [0.3, 0.4) is 0 Å². The van der Waals surface area contributed by atoms with Crippen molar-refractivity contribution in [2.75, 3.05) is 0 Å². The van der Waals surface area contributed by atoms with E-state index in [1.54, 1.807) is 0 Å². The third-order valence-corrected chi connectivity index (χ3v) is 5.94. The van der Waals surface area contributed by atoms with Crippen molar-refractivity contribution in [1.29, 1.82) is 0 Å². The molecule has 25 heavy (non-hydrogen) atoms. The van der Waals surface area contributed by atoms with Gasteiger partial charge in [0.2, 0.25) is 12.1 Å². The van der Waals surface area contributed by atoms with Gasteiger partial charge in [-0.1, -0.05) is 33.4 Å². The zero-order chi connectivity index (χ0) is 16.4. The van der Waals surface area contributed by atoms with Gasteiger partial charge in [-0.05, 0) is 37.1 Å². The van der Waals surface area contributed by atoms with Gasteiger partial charge in [0, 0.05) is 12.8 Å². The normalized spacial score (nSPS) is 27.2. The van der Waals surface area contributed by atoms with E-state index in [1.807, 2.05) is 24.3 Å². The average Bonchev–Trinajstić information content (AvgIpc) is 2.93. The Hall–Kier alpha value is -2.62. The fourth-order valence-electron chi connectivity index (χ4n) is 4.83. The van der Waals surface area contributed by atoms with Crippen molar-refractivity contribution in [3.05, 3.63) is 59.7 Å². The minimum Gasteiger partial charge on any atom is -0.341 e. The van der Waals surface area contributed by atoms with Crippen molar-refractivity contribution in [2.45, 2.75) is 43.8 Å². The van der Waals surface area contributed by atoms with Gasteiger partial charge >= 0.3 is 6.03 Å². The van der Waals surface area contributed by atoms with E-state index in [0.29, 0.717) is 12.1 Å². The summed E-state index contributed by atoms with van der Waals surface area (Å²) in [5.74, 6) is 1.77. The van der Waals surface area contributed by atoms with Crippen LogP contribution in [0.25, 0.3) is 0 Å². The maximum absolute atomic E-state index is 6.56. The number of fused-ring (bicyclic) bond motifs is 5. The molecule has 2 fully saturated rings. The summed E-state index contributed by atoms with van der Waals surface area (Å²) in [6, 6.07) is 16.4. The van der Waals surface area contributed by atoms with E-state index >= 15 is 0 Å². The number of para-hydroxylation sites is 2. The van der Waals surface area contributed by atoms with E-state index in [9.17, 15) is 0 Å². The third kappa shape index (κ3) is 1.72. The van der Waals surface area contributed by atoms with Crippen LogP contribution in [0.5, 0.6) is 11.5 Å². The van der Waals surface area contributed by atoms with Gasteiger partial charge in [-0.2, -0.15) is 0 Å². The quantitative estimate of drug-likeness (QED) is 0.693. The highest BCUT2D eigenvalue weighted by Crippen LogP contribution is 2.43. The molecule has 0 unspecified atom stereocenters. The van der Waals surface area contributed by atoms with Crippen molar-refractivity contribution >= 4 is 12.4 Å². The molecule has 0 amide bonds. The van der Waals surface area contributed by atoms with Crippen LogP contribution in [-0.2, 0) is 0 Å². The van der Waals surface area contributed by atoms with E-state index in [2.05, 4.69) is 45.8 Å². The molecule has 0 bridgehead atoms. The first-order valence-electron chi connectivity index (χ1n) is 9.18. The molecule has 2 aromatic rings. The molecular weight excluding hydrogens is 312 g/mol. The van der Waals surface area contributed by atoms with Gasteiger partial charge in [0.1, 0.15) is 0 Å². The van der Waals surface area contributed by atoms with E-state index in [-0.39, 0.29) is 0 Å². The maximum atomic E-state index is 6.56. The van der Waals surface area contributed by atoms with Gasteiger partial charge in [-0.3, -0.25) is 0 Å². The van der Waals surface area contributed by atoms with Gasteiger partial charge in [-0.25, -0.2) is 0 Å². The molecule has 1 saturated heterocycles. The lowest BCUT2D eigenvalue weighted by atomic mass is 9.91. The molecule has 1 saturated carbocycles. The van der Waals surface area contributed by atoms with Gasteiger partial charge in [0.15, 0.2) is 23.9 Å². The fraction of sp³-hybridized carbons (Fsp3) is 0.333. The minimum absolute atomic E-state index is 0.424. The summed E-state index contributed by atoms with van der Waals surface area (Å²) in [5.41, 5.74) is 2.25. The smallest absolute Gasteiger partial charge is 0.341 e. The van der Waals surface area contributed by atoms with Gasteiger partial charge < -0.3 is 9.47 Å². The number of nitrogens with zero attached hydrogens (tertiary/aromatic N) is 2. The largest absolute Gasteiger partial charge is 0.704 e. The van der Waals surface area contributed by atoms with Crippen LogP contribution in [-0.4, -0.2) is 39.7 Å². The summed E-state index contributed by atoms with van der Waals surface area (Å²) in [5, 5.41) is 0. The van der Waals surface area contributed by atoms with E-state index in [0.717, 1.165) is 22.6 Å². The van der Waals surface area contributed by atoms with Crippen LogP contribution >= 0.6 is 0 Å². The van der Waals surface area contributed by atoms with Crippen molar-refractivity contribution in [3.8, 4) is 11.5 Å². The number of benzene rings is 2. The fourth-order valence-corrected chi connectivity index (χ4v) is 4.83. The lowest BCUT2D eigenvalue weighted by Crippen LogP contribution is -2.60. The third-order valence-electron chi connectivity index (χ3n) is 5.94. The van der Waals surface area contributed by atoms with Crippen LogP contribution in [0.1, 0.15) is 36.8 Å². The van der Waals surface area contributed by atoms with E-state index < -0.39 is 6.03 Å². The van der Waals surface area contributed by atoms with Gasteiger partial charge in [0.05, 0.1) is 11.1 Å². The Balaban J connectivity index is 1.61. The summed E-state index contributed by atoms with van der Waals surface area (Å²) in [4.78, 5) is 0. The average molecular weight is 332 g/mol. The molecule has 0 N–H and O–H groups in total. The molecule has 3 aliphatic heterocycles. The molecule has 1 aliphatic carbocycles. The Morgan fingerprint density at radius 3 is 1.72 bits per heavy atom. The molecule has 4 nitrogen and oxygen atoms in total. The second-order valence-corrected chi connectivity index (χ2v) is 7.32. The summed E-state index contributed by atoms with van der Waals surface area (Å²) < 4.78 is 17.8. The zero-order valence-electron chi connectivity index (χ0n) is 14.0. The first kappa shape index (κ1) is 13.6. The van der Waals surface area contributed by atoms with E-state index in [1.165, 1.54) is 25.7 Å². The highest BCUT2D eigenvalue weighted by atomic mass is 16.7. The number of ether oxygens (including phenoxy) is 2. The van der Waals surface area contributed by atoms with Crippen molar-refractivity contribution < 1.29 is 18.6 Å². The second-order valence-electron chi connectivity index (χ2n) is 7.32. The summed E-state index contributed by atoms with van der Waals surface area (Å²) >= 11 is 0. The molecule has 4 aliphatic rings. The summed E-state index contributed by atoms with van der Waals surface area (Å²) in [6.45, 7) is 0. The topological polar surface area (TPSA) is 24.5 Å². The maximum Gasteiger partial charge on any atom is 0.704 e. The van der Waals surface area contributed by atoms with Crippen molar-refractivity contribution in [2.24, 2.45) is 0 Å². The lowest BCUT2D eigenvalue weighted by Gasteiger charge is -2.27. The van der Waals surface area contributed by atoms with Crippen LogP contribution in [0.2, 0.25) is 0 Å². The minimum atomic E-state index is -0.887. The number of hydrogen-bond donors (Lipinski definition) is 0. The predicted octanol–water partition coefficient (Wildman–Crippen LogP) is 2.97. The molecular formula is C21H20N2O2+2. The molecule has 0 radical (unpaired) electrons. The standard InChI is InChI=1S/C21H20N2O2/c1-5-11-19-15(7-1)13-22-17-9-3-4-10-18(17)23-14-16-8-2-6-12-20(16)25-21(22,23)24-19/h1-2,5-8,11-14,17-18H,3-4,9-10H2/q+2/t17-,18-,21?/m0/s1. The predicted molar refractivity (Wildman–Crippen MR) is 93.8 cm³/mol. The summed E-state index contributed by atoms with van der Waals surface area (Å²) in [6.07, 6.45) is 9.37. The SMILES string of the molecule is C1=[N+]2[C@H]3CCCC[C@@H]3[N+]3=Cc4ccccc4OC23Oc2ccccc21. The van der Waals surface area contributed by atoms with Gasteiger partial charge in [-0.15, -0.1) is 0 Å². The monoisotopic (exact) mass is 332 g/mol. The molecule has 2 atom stereocenters. The van der Waals surface area contributed by atoms with Crippen molar-refractivity contribution in [1.82, 2.24) is 0 Å². The molecule has 124 valence electrons. The Kier molecular flexibility index (Phi) is 2.58. The Morgan fingerprint density at radius 2 is 1.20 bits per heavy atom. The molecule has 0 aromatic heterocycles. The Bertz CT molecular complexity index is 869. The van der Waals surface area contributed by atoms with Gasteiger partial charge in [0.25, 0.3) is 0 Å². The number of rotatable bonds is 0. The number of hydrogen-bond acceptors (Lipinski definition) is 2. The molecule has 1 spiro atoms. The Labute approximate surface area is 146 Å². The van der Waals surface area contributed by atoms with Crippen LogP contribution in [0.4, 0.5) is 0 Å². The first-order valence-corrected chi connectivity index (χ1v) is 9.18. The van der Waals surface area contributed by atoms with Crippen molar-refractivity contribution in [3.63, 3.8) is 0 Å². The molecule has 2 aromatic carbocycles.